The van der Waals surface area contributed by atoms with Crippen LogP contribution in [0.4, 0.5) is 0 Å². The van der Waals surface area contributed by atoms with Gasteiger partial charge in [0.05, 0.1) is 5.54 Å². The Bertz CT molecular complexity index is 602. The Morgan fingerprint density at radius 1 is 1.00 bits per heavy atom. The van der Waals surface area contributed by atoms with Crippen LogP contribution in [0.25, 0.3) is 0 Å². The molecule has 0 heterocycles. The molecule has 0 radical (unpaired) electrons. The number of hydrogen-bond acceptors (Lipinski definition) is 1. The van der Waals surface area contributed by atoms with Gasteiger partial charge in [0.1, 0.15) is 0 Å². The van der Waals surface area contributed by atoms with Crippen molar-refractivity contribution in [3.05, 3.63) is 70.8 Å². The first kappa shape index (κ1) is 15.8. The molecular formula is C20H27N. The Hall–Kier alpha value is -1.60. The first-order valence-electron chi connectivity index (χ1n) is 7.89. The summed E-state index contributed by atoms with van der Waals surface area (Å²) < 4.78 is 0. The van der Waals surface area contributed by atoms with Crippen LogP contribution in [0.2, 0.25) is 0 Å². The average molecular weight is 281 g/mol. The van der Waals surface area contributed by atoms with Crippen molar-refractivity contribution in [2.24, 2.45) is 0 Å². The summed E-state index contributed by atoms with van der Waals surface area (Å²) in [6.45, 7) is 9.05. The van der Waals surface area contributed by atoms with Gasteiger partial charge in [-0.05, 0) is 55.5 Å². The minimum Gasteiger partial charge on any atom is -0.307 e. The molecule has 0 fully saturated rings. The maximum Gasteiger partial charge on any atom is 0.0664 e. The van der Waals surface area contributed by atoms with Gasteiger partial charge in [-0.2, -0.15) is 0 Å². The predicted molar refractivity (Wildman–Crippen MR) is 91.8 cm³/mol. The molecule has 2 rings (SSSR count). The van der Waals surface area contributed by atoms with E-state index in [-0.39, 0.29) is 5.54 Å². The van der Waals surface area contributed by atoms with Crippen molar-refractivity contribution >= 4 is 0 Å². The van der Waals surface area contributed by atoms with Crippen molar-refractivity contribution in [1.82, 2.24) is 5.32 Å². The normalized spacial score (nSPS) is 15.5. The Kier molecular flexibility index (Phi) is 4.84. The lowest BCUT2D eigenvalue weighted by Gasteiger charge is -2.35. The van der Waals surface area contributed by atoms with Gasteiger partial charge in [-0.3, -0.25) is 0 Å². The Morgan fingerprint density at radius 2 is 1.57 bits per heavy atom. The van der Waals surface area contributed by atoms with Crippen LogP contribution < -0.4 is 5.32 Å². The van der Waals surface area contributed by atoms with E-state index in [0.717, 1.165) is 6.42 Å². The molecule has 0 saturated carbocycles. The molecule has 0 aliphatic rings. The lowest BCUT2D eigenvalue weighted by molar-refractivity contribution is 0.473. The van der Waals surface area contributed by atoms with Gasteiger partial charge in [0.2, 0.25) is 0 Å². The summed E-state index contributed by atoms with van der Waals surface area (Å²) in [5, 5.41) is 3.57. The standard InChI is InChI=1S/C20H27N/c1-6-15(2)17-12-8-10-14-19(17)20(4,21-5)18-13-9-7-11-16(18)3/h7-15,21H,6H2,1-5H3/t15-,20-/m1/s1. The highest BCUT2D eigenvalue weighted by Gasteiger charge is 2.31. The summed E-state index contributed by atoms with van der Waals surface area (Å²) in [6.07, 6.45) is 1.16. The minimum absolute atomic E-state index is 0.161. The third-order valence-corrected chi connectivity index (χ3v) is 4.83. The van der Waals surface area contributed by atoms with Crippen LogP contribution >= 0.6 is 0 Å². The van der Waals surface area contributed by atoms with Crippen LogP contribution in [0, 0.1) is 6.92 Å². The van der Waals surface area contributed by atoms with Gasteiger partial charge < -0.3 is 5.32 Å². The highest BCUT2D eigenvalue weighted by atomic mass is 14.9. The van der Waals surface area contributed by atoms with Gasteiger partial charge in [0, 0.05) is 0 Å². The zero-order valence-electron chi connectivity index (χ0n) is 13.9. The fraction of sp³-hybridized carbons (Fsp3) is 0.400. The van der Waals surface area contributed by atoms with Crippen LogP contribution in [0.1, 0.15) is 55.4 Å². The fourth-order valence-electron chi connectivity index (χ4n) is 3.15. The smallest absolute Gasteiger partial charge is 0.0664 e. The quantitative estimate of drug-likeness (QED) is 0.814. The molecule has 1 N–H and O–H groups in total. The number of nitrogens with one attached hydrogen (secondary N) is 1. The molecule has 1 heteroatoms. The maximum atomic E-state index is 3.57. The van der Waals surface area contributed by atoms with Gasteiger partial charge in [-0.25, -0.2) is 0 Å². The van der Waals surface area contributed by atoms with Crippen LogP contribution in [0.3, 0.4) is 0 Å². The van der Waals surface area contributed by atoms with E-state index in [1.165, 1.54) is 22.3 Å². The van der Waals surface area contributed by atoms with E-state index < -0.39 is 0 Å². The molecule has 21 heavy (non-hydrogen) atoms. The number of benzene rings is 2. The van der Waals surface area contributed by atoms with Crippen LogP contribution in [-0.4, -0.2) is 7.05 Å². The molecule has 0 aliphatic heterocycles. The molecule has 0 aromatic heterocycles. The summed E-state index contributed by atoms with van der Waals surface area (Å²) in [5.74, 6) is 0.567. The van der Waals surface area contributed by atoms with E-state index in [2.05, 4.69) is 88.6 Å². The zero-order chi connectivity index (χ0) is 15.5. The molecule has 1 nitrogen and oxygen atoms in total. The summed E-state index contributed by atoms with van der Waals surface area (Å²) >= 11 is 0. The van der Waals surface area contributed by atoms with E-state index in [1.54, 1.807) is 0 Å². The molecule has 0 aliphatic carbocycles. The third-order valence-electron chi connectivity index (χ3n) is 4.83. The molecule has 0 spiro atoms. The van der Waals surface area contributed by atoms with Crippen LogP contribution in [0.15, 0.2) is 48.5 Å². The van der Waals surface area contributed by atoms with Crippen molar-refractivity contribution in [2.75, 3.05) is 7.05 Å². The monoisotopic (exact) mass is 281 g/mol. The van der Waals surface area contributed by atoms with E-state index in [9.17, 15) is 0 Å². The lowest BCUT2D eigenvalue weighted by Crippen LogP contribution is -2.39. The van der Waals surface area contributed by atoms with Crippen molar-refractivity contribution < 1.29 is 0 Å². The third kappa shape index (κ3) is 2.89. The topological polar surface area (TPSA) is 12.0 Å². The molecular weight excluding hydrogens is 254 g/mol. The van der Waals surface area contributed by atoms with Gasteiger partial charge in [0.25, 0.3) is 0 Å². The molecule has 0 bridgehead atoms. The summed E-state index contributed by atoms with van der Waals surface area (Å²) in [5.41, 5.74) is 5.35. The molecule has 2 aromatic rings. The minimum atomic E-state index is -0.161. The molecule has 0 unspecified atom stereocenters. The lowest BCUT2D eigenvalue weighted by atomic mass is 9.77. The molecule has 0 amide bonds. The van der Waals surface area contributed by atoms with E-state index in [4.69, 9.17) is 0 Å². The summed E-state index contributed by atoms with van der Waals surface area (Å²) in [7, 11) is 2.06. The SMILES string of the molecule is CC[C@@H](C)c1ccccc1[C@](C)(NC)c1ccccc1C. The largest absolute Gasteiger partial charge is 0.307 e. The van der Waals surface area contributed by atoms with Gasteiger partial charge in [-0.1, -0.05) is 62.4 Å². The fourth-order valence-corrected chi connectivity index (χ4v) is 3.15. The first-order valence-corrected chi connectivity index (χ1v) is 7.89. The number of hydrogen-bond donors (Lipinski definition) is 1. The van der Waals surface area contributed by atoms with Crippen molar-refractivity contribution in [3.63, 3.8) is 0 Å². The van der Waals surface area contributed by atoms with Crippen LogP contribution in [-0.2, 0) is 5.54 Å². The predicted octanol–water partition coefficient (Wildman–Crippen LogP) is 4.99. The first-order chi connectivity index (χ1) is 10.0. The summed E-state index contributed by atoms with van der Waals surface area (Å²) in [6, 6.07) is 17.5. The molecule has 0 saturated heterocycles. The molecule has 2 aromatic carbocycles. The Labute approximate surface area is 129 Å². The van der Waals surface area contributed by atoms with Crippen molar-refractivity contribution in [3.8, 4) is 0 Å². The Morgan fingerprint density at radius 3 is 2.14 bits per heavy atom. The second kappa shape index (κ2) is 6.44. The maximum absolute atomic E-state index is 3.57. The van der Waals surface area contributed by atoms with Gasteiger partial charge in [0.15, 0.2) is 0 Å². The second-order valence-corrected chi connectivity index (χ2v) is 6.09. The van der Waals surface area contributed by atoms with Gasteiger partial charge in [-0.15, -0.1) is 0 Å². The highest BCUT2D eigenvalue weighted by molar-refractivity contribution is 5.46. The summed E-state index contributed by atoms with van der Waals surface area (Å²) in [4.78, 5) is 0. The van der Waals surface area contributed by atoms with Crippen molar-refractivity contribution in [2.45, 2.75) is 45.6 Å². The van der Waals surface area contributed by atoms with Crippen molar-refractivity contribution in [1.29, 1.82) is 0 Å². The highest BCUT2D eigenvalue weighted by Crippen LogP contribution is 2.36. The average Bonchev–Trinajstić information content (AvgIpc) is 2.54. The van der Waals surface area contributed by atoms with E-state index in [1.807, 2.05) is 0 Å². The Balaban J connectivity index is 2.64. The number of aryl methyl sites for hydroxylation is 1. The van der Waals surface area contributed by atoms with Crippen LogP contribution in [0.5, 0.6) is 0 Å². The van der Waals surface area contributed by atoms with Gasteiger partial charge >= 0.3 is 0 Å². The second-order valence-electron chi connectivity index (χ2n) is 6.09. The van der Waals surface area contributed by atoms with E-state index >= 15 is 0 Å². The van der Waals surface area contributed by atoms with E-state index in [0.29, 0.717) is 5.92 Å². The molecule has 112 valence electrons. The number of rotatable bonds is 5. The zero-order valence-corrected chi connectivity index (χ0v) is 13.9. The molecule has 2 atom stereocenters.